The third kappa shape index (κ3) is 4.63. The molecule has 0 spiro atoms. The quantitative estimate of drug-likeness (QED) is 0.185. The molecular formula is C45H28N4S. The van der Waals surface area contributed by atoms with Crippen molar-refractivity contribution in [1.29, 1.82) is 0 Å². The average Bonchev–Trinajstić information content (AvgIpc) is 3.74. The van der Waals surface area contributed by atoms with Gasteiger partial charge in [-0.2, -0.15) is 0 Å². The van der Waals surface area contributed by atoms with E-state index in [0.29, 0.717) is 17.5 Å². The second kappa shape index (κ2) is 11.6. The Bertz CT molecular complexity index is 2800. The van der Waals surface area contributed by atoms with Crippen LogP contribution in [-0.2, 0) is 0 Å². The van der Waals surface area contributed by atoms with E-state index in [0.717, 1.165) is 22.4 Å². The fraction of sp³-hybridized carbons (Fsp3) is 0. The Morgan fingerprint density at radius 2 is 0.960 bits per heavy atom. The molecule has 10 aromatic rings. The van der Waals surface area contributed by atoms with E-state index in [9.17, 15) is 0 Å². The first-order valence-corrected chi connectivity index (χ1v) is 17.5. The van der Waals surface area contributed by atoms with E-state index in [1.165, 1.54) is 53.1 Å². The summed E-state index contributed by atoms with van der Waals surface area (Å²) in [6.07, 6.45) is 0. The highest BCUT2D eigenvalue weighted by atomic mass is 32.1. The van der Waals surface area contributed by atoms with Crippen molar-refractivity contribution in [2.45, 2.75) is 0 Å². The van der Waals surface area contributed by atoms with Crippen molar-refractivity contribution in [2.75, 3.05) is 0 Å². The van der Waals surface area contributed by atoms with Crippen LogP contribution in [0.25, 0.3) is 93.0 Å². The summed E-state index contributed by atoms with van der Waals surface area (Å²) in [5.74, 6) is 1.98. The molecule has 0 amide bonds. The zero-order chi connectivity index (χ0) is 33.0. The molecule has 0 aliphatic heterocycles. The van der Waals surface area contributed by atoms with E-state index in [1.807, 2.05) is 72.0 Å². The molecule has 0 saturated heterocycles. The van der Waals surface area contributed by atoms with Gasteiger partial charge in [0.25, 0.3) is 0 Å². The van der Waals surface area contributed by atoms with E-state index in [1.54, 1.807) is 0 Å². The van der Waals surface area contributed by atoms with Crippen molar-refractivity contribution in [3.05, 3.63) is 170 Å². The molecule has 0 atom stereocenters. The molecule has 0 saturated carbocycles. The van der Waals surface area contributed by atoms with Gasteiger partial charge in [0.1, 0.15) is 0 Å². The van der Waals surface area contributed by atoms with Gasteiger partial charge in [0.05, 0.1) is 11.0 Å². The van der Waals surface area contributed by atoms with E-state index in [-0.39, 0.29) is 0 Å². The monoisotopic (exact) mass is 656 g/mol. The Morgan fingerprint density at radius 1 is 0.400 bits per heavy atom. The molecule has 10 rings (SSSR count). The Balaban J connectivity index is 1.17. The lowest BCUT2D eigenvalue weighted by Gasteiger charge is -2.09. The minimum Gasteiger partial charge on any atom is -0.309 e. The topological polar surface area (TPSA) is 43.6 Å². The number of hydrogen-bond acceptors (Lipinski definition) is 4. The largest absolute Gasteiger partial charge is 0.309 e. The first-order chi connectivity index (χ1) is 24.8. The van der Waals surface area contributed by atoms with Gasteiger partial charge in [0.2, 0.25) is 0 Å². The molecule has 7 aromatic carbocycles. The molecule has 234 valence electrons. The van der Waals surface area contributed by atoms with Crippen molar-refractivity contribution in [3.8, 4) is 51.0 Å². The van der Waals surface area contributed by atoms with Gasteiger partial charge < -0.3 is 4.57 Å². The van der Waals surface area contributed by atoms with Gasteiger partial charge in [0.15, 0.2) is 17.5 Å². The van der Waals surface area contributed by atoms with Crippen LogP contribution >= 0.6 is 11.3 Å². The molecule has 0 fully saturated rings. The van der Waals surface area contributed by atoms with Gasteiger partial charge in [-0.25, -0.2) is 15.0 Å². The van der Waals surface area contributed by atoms with Crippen LogP contribution in [0.15, 0.2) is 170 Å². The first-order valence-electron chi connectivity index (χ1n) is 16.7. The van der Waals surface area contributed by atoms with Crippen molar-refractivity contribution < 1.29 is 0 Å². The number of para-hydroxylation sites is 2. The van der Waals surface area contributed by atoms with Crippen molar-refractivity contribution in [3.63, 3.8) is 0 Å². The number of nitrogens with zero attached hydrogens (tertiary/aromatic N) is 4. The Morgan fingerprint density at radius 3 is 1.68 bits per heavy atom. The van der Waals surface area contributed by atoms with Crippen LogP contribution in [-0.4, -0.2) is 19.5 Å². The summed E-state index contributed by atoms with van der Waals surface area (Å²) in [6, 6.07) is 59.7. The highest BCUT2D eigenvalue weighted by Crippen LogP contribution is 2.45. The van der Waals surface area contributed by atoms with Crippen LogP contribution in [0.4, 0.5) is 0 Å². The fourth-order valence-electron chi connectivity index (χ4n) is 7.19. The molecule has 50 heavy (non-hydrogen) atoms. The van der Waals surface area contributed by atoms with E-state index in [4.69, 9.17) is 15.0 Å². The maximum atomic E-state index is 5.01. The number of benzene rings is 7. The average molecular weight is 657 g/mol. The van der Waals surface area contributed by atoms with Crippen LogP contribution in [0.5, 0.6) is 0 Å². The zero-order valence-electron chi connectivity index (χ0n) is 26.9. The van der Waals surface area contributed by atoms with Gasteiger partial charge in [0, 0.05) is 58.9 Å². The molecule has 0 radical (unpaired) electrons. The van der Waals surface area contributed by atoms with E-state index < -0.39 is 0 Å². The maximum absolute atomic E-state index is 5.01. The van der Waals surface area contributed by atoms with Crippen LogP contribution in [0.2, 0.25) is 0 Å². The SMILES string of the molecule is c1ccc(-c2nc(-c3ccccc3)nc(-c3ccc4sc5c(-c6cccc7c6c6ccccc6n7-c6ccccc6)cccc5c4c3)n2)cc1. The number of aromatic nitrogens is 4. The van der Waals surface area contributed by atoms with Gasteiger partial charge in [-0.3, -0.25) is 0 Å². The molecular weight excluding hydrogens is 629 g/mol. The summed E-state index contributed by atoms with van der Waals surface area (Å²) in [5, 5.41) is 4.95. The molecule has 5 heteroatoms. The lowest BCUT2D eigenvalue weighted by atomic mass is 9.97. The molecule has 0 unspecified atom stereocenters. The minimum atomic E-state index is 0.661. The van der Waals surface area contributed by atoms with Gasteiger partial charge in [-0.1, -0.05) is 127 Å². The van der Waals surface area contributed by atoms with Crippen LogP contribution in [0.1, 0.15) is 0 Å². The standard InChI is InChI=1S/C45H28N4S/c1-4-14-29(15-5-1)43-46-44(30-16-6-2-7-17-30)48-45(47-43)31-26-27-40-37(28-31)35-23-12-22-34(42(35)50-40)33-21-13-25-39-41(33)36-20-10-11-24-38(36)49(39)32-18-8-3-9-19-32/h1-28H. The summed E-state index contributed by atoms with van der Waals surface area (Å²) in [6.45, 7) is 0. The third-order valence-corrected chi connectivity index (χ3v) is 10.7. The Kier molecular flexibility index (Phi) is 6.64. The molecule has 3 heterocycles. The Labute approximate surface area is 292 Å². The third-order valence-electron chi connectivity index (χ3n) is 9.46. The van der Waals surface area contributed by atoms with Crippen molar-refractivity contribution in [2.24, 2.45) is 0 Å². The van der Waals surface area contributed by atoms with Crippen LogP contribution in [0, 0.1) is 0 Å². The molecule has 0 aliphatic rings. The fourth-order valence-corrected chi connectivity index (χ4v) is 8.40. The minimum absolute atomic E-state index is 0.661. The molecule has 3 aromatic heterocycles. The smallest absolute Gasteiger partial charge is 0.164 e. The highest BCUT2D eigenvalue weighted by molar-refractivity contribution is 7.26. The van der Waals surface area contributed by atoms with Crippen LogP contribution in [0.3, 0.4) is 0 Å². The van der Waals surface area contributed by atoms with Gasteiger partial charge in [-0.05, 0) is 48.0 Å². The lowest BCUT2D eigenvalue weighted by molar-refractivity contribution is 1.07. The maximum Gasteiger partial charge on any atom is 0.164 e. The number of thiophene rings is 1. The van der Waals surface area contributed by atoms with E-state index >= 15 is 0 Å². The zero-order valence-corrected chi connectivity index (χ0v) is 27.7. The second-order valence-corrected chi connectivity index (χ2v) is 13.5. The Hall–Kier alpha value is -6.43. The molecule has 0 bridgehead atoms. The summed E-state index contributed by atoms with van der Waals surface area (Å²) in [7, 11) is 0. The molecule has 0 N–H and O–H groups in total. The van der Waals surface area contributed by atoms with Gasteiger partial charge >= 0.3 is 0 Å². The van der Waals surface area contributed by atoms with Crippen molar-refractivity contribution >= 4 is 53.3 Å². The highest BCUT2D eigenvalue weighted by Gasteiger charge is 2.19. The molecule has 4 nitrogen and oxygen atoms in total. The number of hydrogen-bond donors (Lipinski definition) is 0. The van der Waals surface area contributed by atoms with Crippen LogP contribution < -0.4 is 0 Å². The first kappa shape index (κ1) is 28.6. The summed E-state index contributed by atoms with van der Waals surface area (Å²) >= 11 is 1.84. The molecule has 0 aliphatic carbocycles. The number of rotatable bonds is 5. The lowest BCUT2D eigenvalue weighted by Crippen LogP contribution is -2.00. The summed E-state index contributed by atoms with van der Waals surface area (Å²) in [5.41, 5.74) is 8.93. The van der Waals surface area contributed by atoms with Crippen molar-refractivity contribution in [1.82, 2.24) is 19.5 Å². The normalized spacial score (nSPS) is 11.6. The number of fused-ring (bicyclic) bond motifs is 6. The van der Waals surface area contributed by atoms with E-state index in [2.05, 4.69) is 114 Å². The second-order valence-electron chi connectivity index (χ2n) is 12.4. The predicted molar refractivity (Wildman–Crippen MR) is 209 cm³/mol. The predicted octanol–water partition coefficient (Wildman–Crippen LogP) is 12.0. The summed E-state index contributed by atoms with van der Waals surface area (Å²) < 4.78 is 4.89. The summed E-state index contributed by atoms with van der Waals surface area (Å²) in [4.78, 5) is 14.9. The van der Waals surface area contributed by atoms with Gasteiger partial charge in [-0.15, -0.1) is 11.3 Å².